The predicted molar refractivity (Wildman–Crippen MR) is 52.2 cm³/mol. The molecule has 0 amide bonds. The summed E-state index contributed by atoms with van der Waals surface area (Å²) in [5.41, 5.74) is 7.28. The summed E-state index contributed by atoms with van der Waals surface area (Å²) in [4.78, 5) is 3.99. The topological polar surface area (TPSA) is 71.2 Å². The molecule has 0 radical (unpaired) electrons. The van der Waals surface area contributed by atoms with Crippen LogP contribution >= 0.6 is 0 Å². The third-order valence-corrected chi connectivity index (χ3v) is 1.84. The van der Waals surface area contributed by atoms with Gasteiger partial charge in [0.1, 0.15) is 0 Å². The summed E-state index contributed by atoms with van der Waals surface area (Å²) >= 11 is 0. The maximum absolute atomic E-state index is 8.61. The molecular weight excluding hydrogens is 166 g/mol. The zero-order valence-corrected chi connectivity index (χ0v) is 7.70. The molecule has 0 aliphatic rings. The Hall–Kier alpha value is -1.13. The van der Waals surface area contributed by atoms with Crippen LogP contribution in [0.3, 0.4) is 0 Å². The Morgan fingerprint density at radius 3 is 3.00 bits per heavy atom. The standard InChI is InChI=1S/C9H15N3O/c1-7(12-2-3-13)8-4-9(10)6-11-5-8/h4-7,12-13H,2-3,10H2,1H3. The Labute approximate surface area is 77.8 Å². The van der Waals surface area contributed by atoms with E-state index in [9.17, 15) is 0 Å². The summed E-state index contributed by atoms with van der Waals surface area (Å²) in [7, 11) is 0. The molecule has 0 aromatic carbocycles. The summed E-state index contributed by atoms with van der Waals surface area (Å²) in [6.45, 7) is 2.72. The molecule has 1 aromatic rings. The van der Waals surface area contributed by atoms with E-state index in [1.165, 1.54) is 0 Å². The lowest BCUT2D eigenvalue weighted by Gasteiger charge is -2.12. The number of nitrogens with zero attached hydrogens (tertiary/aromatic N) is 1. The molecule has 4 heteroatoms. The van der Waals surface area contributed by atoms with Crippen molar-refractivity contribution in [2.45, 2.75) is 13.0 Å². The van der Waals surface area contributed by atoms with Crippen LogP contribution in [0.2, 0.25) is 0 Å². The second-order valence-electron chi connectivity index (χ2n) is 2.95. The minimum Gasteiger partial charge on any atom is -0.397 e. The zero-order valence-electron chi connectivity index (χ0n) is 7.70. The number of aliphatic hydroxyl groups excluding tert-OH is 1. The van der Waals surface area contributed by atoms with Crippen molar-refractivity contribution >= 4 is 5.69 Å². The first-order valence-electron chi connectivity index (χ1n) is 4.28. The van der Waals surface area contributed by atoms with Gasteiger partial charge in [-0.2, -0.15) is 0 Å². The molecule has 0 aliphatic heterocycles. The van der Waals surface area contributed by atoms with E-state index in [0.717, 1.165) is 5.56 Å². The van der Waals surface area contributed by atoms with Crippen molar-refractivity contribution in [2.75, 3.05) is 18.9 Å². The smallest absolute Gasteiger partial charge is 0.0556 e. The molecule has 1 rings (SSSR count). The van der Waals surface area contributed by atoms with Gasteiger partial charge in [0.05, 0.1) is 12.3 Å². The van der Waals surface area contributed by atoms with Gasteiger partial charge in [-0.3, -0.25) is 4.98 Å². The Morgan fingerprint density at radius 2 is 2.38 bits per heavy atom. The first kappa shape index (κ1) is 9.95. The van der Waals surface area contributed by atoms with Crippen LogP contribution in [-0.2, 0) is 0 Å². The van der Waals surface area contributed by atoms with Crippen molar-refractivity contribution in [2.24, 2.45) is 0 Å². The van der Waals surface area contributed by atoms with Crippen LogP contribution in [0.15, 0.2) is 18.5 Å². The average molecular weight is 181 g/mol. The molecule has 0 fully saturated rings. The number of aromatic nitrogens is 1. The molecule has 4 N–H and O–H groups in total. The van der Waals surface area contributed by atoms with Crippen molar-refractivity contribution in [1.29, 1.82) is 0 Å². The lowest BCUT2D eigenvalue weighted by atomic mass is 10.1. The highest BCUT2D eigenvalue weighted by Gasteiger charge is 2.03. The van der Waals surface area contributed by atoms with Crippen LogP contribution in [0.25, 0.3) is 0 Å². The van der Waals surface area contributed by atoms with Gasteiger partial charge in [-0.05, 0) is 18.6 Å². The van der Waals surface area contributed by atoms with Gasteiger partial charge in [-0.25, -0.2) is 0 Å². The van der Waals surface area contributed by atoms with E-state index in [1.54, 1.807) is 12.4 Å². The summed E-state index contributed by atoms with van der Waals surface area (Å²) < 4.78 is 0. The van der Waals surface area contributed by atoms with Crippen LogP contribution in [0, 0.1) is 0 Å². The van der Waals surface area contributed by atoms with E-state index in [0.29, 0.717) is 12.2 Å². The molecule has 1 aromatic heterocycles. The normalized spacial score (nSPS) is 12.8. The molecule has 0 aliphatic carbocycles. The monoisotopic (exact) mass is 181 g/mol. The first-order chi connectivity index (χ1) is 6.24. The van der Waals surface area contributed by atoms with Crippen molar-refractivity contribution < 1.29 is 5.11 Å². The van der Waals surface area contributed by atoms with Crippen molar-refractivity contribution in [3.05, 3.63) is 24.0 Å². The minimum absolute atomic E-state index is 0.139. The van der Waals surface area contributed by atoms with Crippen LogP contribution in [0.4, 0.5) is 5.69 Å². The number of pyridine rings is 1. The summed E-state index contributed by atoms with van der Waals surface area (Å²) in [6.07, 6.45) is 3.38. The molecule has 72 valence electrons. The number of anilines is 1. The zero-order chi connectivity index (χ0) is 9.68. The highest BCUT2D eigenvalue weighted by atomic mass is 16.3. The van der Waals surface area contributed by atoms with Gasteiger partial charge in [-0.1, -0.05) is 0 Å². The largest absolute Gasteiger partial charge is 0.397 e. The summed E-state index contributed by atoms with van der Waals surface area (Å²) in [5, 5.41) is 11.7. The quantitative estimate of drug-likeness (QED) is 0.625. The third-order valence-electron chi connectivity index (χ3n) is 1.84. The molecule has 1 heterocycles. The highest BCUT2D eigenvalue weighted by molar-refractivity contribution is 5.37. The van der Waals surface area contributed by atoms with Gasteiger partial charge >= 0.3 is 0 Å². The molecule has 1 atom stereocenters. The van der Waals surface area contributed by atoms with Gasteiger partial charge in [-0.15, -0.1) is 0 Å². The number of hydrogen-bond donors (Lipinski definition) is 3. The number of hydrogen-bond acceptors (Lipinski definition) is 4. The van der Waals surface area contributed by atoms with Crippen LogP contribution in [0.5, 0.6) is 0 Å². The fraction of sp³-hybridized carbons (Fsp3) is 0.444. The summed E-state index contributed by atoms with van der Waals surface area (Å²) in [6, 6.07) is 2.05. The second-order valence-corrected chi connectivity index (χ2v) is 2.95. The van der Waals surface area contributed by atoms with E-state index in [2.05, 4.69) is 10.3 Å². The SMILES string of the molecule is CC(NCCO)c1cncc(N)c1. The van der Waals surface area contributed by atoms with Gasteiger partial charge in [0.25, 0.3) is 0 Å². The molecular formula is C9H15N3O. The predicted octanol–water partition coefficient (Wildman–Crippen LogP) is 0.307. The van der Waals surface area contributed by atoms with E-state index < -0.39 is 0 Å². The van der Waals surface area contributed by atoms with E-state index in [1.807, 2.05) is 13.0 Å². The lowest BCUT2D eigenvalue weighted by molar-refractivity contribution is 0.286. The Kier molecular flexibility index (Phi) is 3.67. The number of rotatable bonds is 4. The van der Waals surface area contributed by atoms with E-state index >= 15 is 0 Å². The maximum Gasteiger partial charge on any atom is 0.0556 e. The number of aliphatic hydroxyl groups is 1. The minimum atomic E-state index is 0.139. The third kappa shape index (κ3) is 3.01. The molecule has 0 bridgehead atoms. The van der Waals surface area contributed by atoms with Crippen molar-refractivity contribution in [3.8, 4) is 0 Å². The maximum atomic E-state index is 8.61. The Balaban J connectivity index is 2.60. The highest BCUT2D eigenvalue weighted by Crippen LogP contribution is 2.12. The molecule has 0 spiro atoms. The lowest BCUT2D eigenvalue weighted by Crippen LogP contribution is -2.22. The molecule has 4 nitrogen and oxygen atoms in total. The van der Waals surface area contributed by atoms with Gasteiger partial charge in [0, 0.05) is 25.0 Å². The van der Waals surface area contributed by atoms with Crippen LogP contribution < -0.4 is 11.1 Å². The second kappa shape index (κ2) is 4.79. The fourth-order valence-corrected chi connectivity index (χ4v) is 1.11. The molecule has 13 heavy (non-hydrogen) atoms. The first-order valence-corrected chi connectivity index (χ1v) is 4.28. The van der Waals surface area contributed by atoms with Crippen LogP contribution in [-0.4, -0.2) is 23.2 Å². The van der Waals surface area contributed by atoms with Gasteiger partial charge in [0.2, 0.25) is 0 Å². The number of nitrogen functional groups attached to an aromatic ring is 1. The van der Waals surface area contributed by atoms with Crippen LogP contribution in [0.1, 0.15) is 18.5 Å². The molecule has 0 saturated heterocycles. The Bertz CT molecular complexity index is 265. The van der Waals surface area contributed by atoms with Crippen molar-refractivity contribution in [1.82, 2.24) is 10.3 Å². The number of nitrogens with one attached hydrogen (secondary N) is 1. The van der Waals surface area contributed by atoms with Crippen molar-refractivity contribution in [3.63, 3.8) is 0 Å². The summed E-state index contributed by atoms with van der Waals surface area (Å²) in [5.74, 6) is 0. The molecule has 0 saturated carbocycles. The van der Waals surface area contributed by atoms with Gasteiger partial charge in [0.15, 0.2) is 0 Å². The van der Waals surface area contributed by atoms with Gasteiger partial charge < -0.3 is 16.2 Å². The fourth-order valence-electron chi connectivity index (χ4n) is 1.11. The van der Waals surface area contributed by atoms with E-state index in [4.69, 9.17) is 10.8 Å². The van der Waals surface area contributed by atoms with E-state index in [-0.39, 0.29) is 12.6 Å². The average Bonchev–Trinajstić information content (AvgIpc) is 2.14. The Morgan fingerprint density at radius 1 is 1.62 bits per heavy atom. The number of nitrogens with two attached hydrogens (primary N) is 1. The molecule has 1 unspecified atom stereocenters.